The number of sulfone groups is 1. The van der Waals surface area contributed by atoms with Crippen LogP contribution in [-0.2, 0) is 9.84 Å². The molecule has 0 aromatic heterocycles. The van der Waals surface area contributed by atoms with E-state index in [0.717, 1.165) is 5.70 Å². The Morgan fingerprint density at radius 1 is 1.55 bits per heavy atom. The van der Waals surface area contributed by atoms with E-state index < -0.39 is 9.84 Å². The van der Waals surface area contributed by atoms with Gasteiger partial charge in [0.1, 0.15) is 0 Å². The van der Waals surface area contributed by atoms with Gasteiger partial charge in [0.2, 0.25) is 0 Å². The summed E-state index contributed by atoms with van der Waals surface area (Å²) < 4.78 is 22.1. The largest absolute Gasteiger partial charge is 0.387 e. The molecule has 3 nitrogen and oxygen atoms in total. The van der Waals surface area contributed by atoms with E-state index in [1.807, 2.05) is 13.8 Å². The number of rotatable bonds is 1. The van der Waals surface area contributed by atoms with Crippen LogP contribution in [0.2, 0.25) is 0 Å². The fourth-order valence-corrected chi connectivity index (χ4v) is 2.22. The standard InChI is InChI=1S/C7H13NO2S/c1-6(2)7-5-11(9,10)4-3-8-7/h5-6,8H,3-4H2,1-2H3. The van der Waals surface area contributed by atoms with Crippen LogP contribution in [0, 0.1) is 5.92 Å². The normalized spacial score (nSPS) is 22.6. The van der Waals surface area contributed by atoms with E-state index in [-0.39, 0.29) is 11.7 Å². The minimum Gasteiger partial charge on any atom is -0.387 e. The van der Waals surface area contributed by atoms with Gasteiger partial charge in [0.05, 0.1) is 5.75 Å². The summed E-state index contributed by atoms with van der Waals surface area (Å²) in [5.74, 6) is 0.494. The fraction of sp³-hybridized carbons (Fsp3) is 0.714. The first-order chi connectivity index (χ1) is 5.01. The molecule has 0 bridgehead atoms. The summed E-state index contributed by atoms with van der Waals surface area (Å²) in [6.45, 7) is 4.49. The molecule has 0 saturated heterocycles. The summed E-state index contributed by atoms with van der Waals surface area (Å²) in [6.07, 6.45) is 0. The predicted octanol–water partition coefficient (Wildman–Crippen LogP) is 0.502. The first kappa shape index (κ1) is 8.59. The Morgan fingerprint density at radius 2 is 2.18 bits per heavy atom. The molecule has 1 aliphatic heterocycles. The van der Waals surface area contributed by atoms with Gasteiger partial charge < -0.3 is 5.32 Å². The van der Waals surface area contributed by atoms with Gasteiger partial charge in [-0.1, -0.05) is 13.8 Å². The number of hydrogen-bond donors (Lipinski definition) is 1. The smallest absolute Gasteiger partial charge is 0.175 e. The molecule has 0 fully saturated rings. The molecule has 0 aliphatic carbocycles. The van der Waals surface area contributed by atoms with Crippen molar-refractivity contribution in [1.82, 2.24) is 5.32 Å². The Hall–Kier alpha value is -0.510. The van der Waals surface area contributed by atoms with Gasteiger partial charge >= 0.3 is 0 Å². The summed E-state index contributed by atoms with van der Waals surface area (Å²) in [7, 11) is -2.90. The molecule has 0 aromatic carbocycles. The van der Waals surface area contributed by atoms with Crippen molar-refractivity contribution in [1.29, 1.82) is 0 Å². The second kappa shape index (κ2) is 2.85. The summed E-state index contributed by atoms with van der Waals surface area (Å²) >= 11 is 0. The highest BCUT2D eigenvalue weighted by Gasteiger charge is 2.16. The molecule has 0 amide bonds. The molecule has 4 heteroatoms. The molecule has 1 heterocycles. The lowest BCUT2D eigenvalue weighted by molar-refractivity contribution is 0.588. The molecular weight excluding hydrogens is 162 g/mol. The van der Waals surface area contributed by atoms with Crippen LogP contribution in [0.15, 0.2) is 11.1 Å². The first-order valence-corrected chi connectivity index (χ1v) is 5.41. The zero-order valence-corrected chi connectivity index (χ0v) is 7.61. The maximum atomic E-state index is 11.0. The zero-order chi connectivity index (χ0) is 8.48. The van der Waals surface area contributed by atoms with Gasteiger partial charge in [-0.05, 0) is 5.92 Å². The third-order valence-corrected chi connectivity index (χ3v) is 3.03. The van der Waals surface area contributed by atoms with Gasteiger partial charge in [0.25, 0.3) is 0 Å². The minimum atomic E-state index is -2.90. The van der Waals surface area contributed by atoms with Crippen LogP contribution in [0.4, 0.5) is 0 Å². The third-order valence-electron chi connectivity index (χ3n) is 1.64. The first-order valence-electron chi connectivity index (χ1n) is 3.69. The Morgan fingerprint density at radius 3 is 2.55 bits per heavy atom. The predicted molar refractivity (Wildman–Crippen MR) is 44.7 cm³/mol. The molecule has 0 unspecified atom stereocenters. The van der Waals surface area contributed by atoms with E-state index in [4.69, 9.17) is 0 Å². The molecule has 1 rings (SSSR count). The monoisotopic (exact) mass is 175 g/mol. The van der Waals surface area contributed by atoms with Crippen molar-refractivity contribution in [3.63, 3.8) is 0 Å². The summed E-state index contributed by atoms with van der Waals surface area (Å²) in [6, 6.07) is 0. The van der Waals surface area contributed by atoms with Gasteiger partial charge in [-0.3, -0.25) is 0 Å². The fourth-order valence-electron chi connectivity index (χ4n) is 0.972. The van der Waals surface area contributed by atoms with Gasteiger partial charge in [-0.25, -0.2) is 8.42 Å². The topological polar surface area (TPSA) is 46.2 Å². The van der Waals surface area contributed by atoms with Crippen molar-refractivity contribution in [2.24, 2.45) is 5.92 Å². The van der Waals surface area contributed by atoms with Crippen LogP contribution in [0.5, 0.6) is 0 Å². The molecule has 1 N–H and O–H groups in total. The van der Waals surface area contributed by atoms with Crippen LogP contribution in [-0.4, -0.2) is 20.7 Å². The SMILES string of the molecule is CC(C)C1=CS(=O)(=O)CCN1. The van der Waals surface area contributed by atoms with Crippen molar-refractivity contribution in [2.75, 3.05) is 12.3 Å². The Bertz CT molecular complexity index is 264. The zero-order valence-electron chi connectivity index (χ0n) is 6.79. The van der Waals surface area contributed by atoms with Crippen molar-refractivity contribution in [3.8, 4) is 0 Å². The lowest BCUT2D eigenvalue weighted by Crippen LogP contribution is -2.29. The molecule has 1 aliphatic rings. The molecule has 11 heavy (non-hydrogen) atoms. The van der Waals surface area contributed by atoms with Gasteiger partial charge in [-0.15, -0.1) is 0 Å². The quantitative estimate of drug-likeness (QED) is 0.631. The number of hydrogen-bond acceptors (Lipinski definition) is 3. The van der Waals surface area contributed by atoms with Crippen LogP contribution < -0.4 is 5.32 Å². The summed E-state index contributed by atoms with van der Waals surface area (Å²) in [5, 5.41) is 4.40. The van der Waals surface area contributed by atoms with E-state index in [1.54, 1.807) is 0 Å². The molecule has 0 spiro atoms. The molecule has 0 radical (unpaired) electrons. The second-order valence-electron chi connectivity index (χ2n) is 3.02. The van der Waals surface area contributed by atoms with Crippen molar-refractivity contribution in [3.05, 3.63) is 11.1 Å². The third kappa shape index (κ3) is 2.22. The van der Waals surface area contributed by atoms with Gasteiger partial charge in [0, 0.05) is 17.6 Å². The highest BCUT2D eigenvalue weighted by molar-refractivity contribution is 7.94. The van der Waals surface area contributed by atoms with E-state index in [1.165, 1.54) is 5.41 Å². The second-order valence-corrected chi connectivity index (χ2v) is 4.99. The summed E-state index contributed by atoms with van der Waals surface area (Å²) in [5.41, 5.74) is 0.830. The minimum absolute atomic E-state index is 0.225. The van der Waals surface area contributed by atoms with Gasteiger partial charge in [0.15, 0.2) is 9.84 Å². The lowest BCUT2D eigenvalue weighted by Gasteiger charge is -2.18. The van der Waals surface area contributed by atoms with Crippen molar-refractivity contribution in [2.45, 2.75) is 13.8 Å². The Kier molecular flexibility index (Phi) is 2.23. The van der Waals surface area contributed by atoms with E-state index >= 15 is 0 Å². The Balaban J connectivity index is 2.91. The Labute approximate surface area is 67.4 Å². The summed E-state index contributed by atoms with van der Waals surface area (Å²) in [4.78, 5) is 0. The van der Waals surface area contributed by atoms with Gasteiger partial charge in [-0.2, -0.15) is 0 Å². The van der Waals surface area contributed by atoms with Crippen molar-refractivity contribution < 1.29 is 8.42 Å². The maximum Gasteiger partial charge on any atom is 0.175 e. The average molecular weight is 175 g/mol. The van der Waals surface area contributed by atoms with Crippen LogP contribution in [0.3, 0.4) is 0 Å². The molecular formula is C7H13NO2S. The van der Waals surface area contributed by atoms with E-state index in [0.29, 0.717) is 6.54 Å². The molecule has 0 aromatic rings. The van der Waals surface area contributed by atoms with E-state index in [2.05, 4.69) is 5.32 Å². The van der Waals surface area contributed by atoms with Crippen LogP contribution in [0.1, 0.15) is 13.8 Å². The maximum absolute atomic E-state index is 11.0. The van der Waals surface area contributed by atoms with E-state index in [9.17, 15) is 8.42 Å². The number of allylic oxidation sites excluding steroid dienone is 1. The highest BCUT2D eigenvalue weighted by Crippen LogP contribution is 2.11. The van der Waals surface area contributed by atoms with Crippen LogP contribution >= 0.6 is 0 Å². The van der Waals surface area contributed by atoms with Crippen molar-refractivity contribution >= 4 is 9.84 Å². The molecule has 0 saturated carbocycles. The highest BCUT2D eigenvalue weighted by atomic mass is 32.2. The number of nitrogens with one attached hydrogen (secondary N) is 1. The lowest BCUT2D eigenvalue weighted by atomic mass is 10.1. The molecule has 0 atom stereocenters. The average Bonchev–Trinajstić information content (AvgIpc) is 1.85. The molecule has 64 valence electrons. The van der Waals surface area contributed by atoms with Crippen LogP contribution in [0.25, 0.3) is 0 Å².